The molecule has 0 unspecified atom stereocenters. The van der Waals surface area contributed by atoms with E-state index in [1.54, 1.807) is 12.1 Å². The molecule has 18 heavy (non-hydrogen) atoms. The van der Waals surface area contributed by atoms with Gasteiger partial charge in [-0.2, -0.15) is 0 Å². The van der Waals surface area contributed by atoms with Crippen molar-refractivity contribution in [1.29, 1.82) is 0 Å². The number of rotatable bonds is 3. The molecule has 5 heteroatoms. The highest BCUT2D eigenvalue weighted by Crippen LogP contribution is 2.15. The van der Waals surface area contributed by atoms with Gasteiger partial charge in [-0.05, 0) is 31.3 Å². The van der Waals surface area contributed by atoms with Gasteiger partial charge in [0.25, 0.3) is 0 Å². The fraction of sp³-hybridized carbons (Fsp3) is 0.462. The zero-order valence-corrected chi connectivity index (χ0v) is 12.1. The summed E-state index contributed by atoms with van der Waals surface area (Å²) in [6.07, 6.45) is 0.724. The lowest BCUT2D eigenvalue weighted by Gasteiger charge is -2.21. The minimum absolute atomic E-state index is 0.113. The van der Waals surface area contributed by atoms with Crippen LogP contribution in [0.1, 0.15) is 0 Å². The van der Waals surface area contributed by atoms with E-state index in [0.717, 1.165) is 37.1 Å². The maximum atomic E-state index is 9.91. The summed E-state index contributed by atoms with van der Waals surface area (Å²) < 4.78 is 11.1. The highest BCUT2D eigenvalue weighted by atomic mass is 79.9. The van der Waals surface area contributed by atoms with Crippen molar-refractivity contribution >= 4 is 22.2 Å². The summed E-state index contributed by atoms with van der Waals surface area (Å²) in [6, 6.07) is 7.32. The van der Waals surface area contributed by atoms with E-state index in [2.05, 4.69) is 27.9 Å². The van der Waals surface area contributed by atoms with Crippen LogP contribution in [0.15, 0.2) is 28.7 Å². The summed E-state index contributed by atoms with van der Waals surface area (Å²) in [6.45, 7) is 4.13. The number of halogens is 1. The number of hydrogen-bond donors (Lipinski definition) is 0. The van der Waals surface area contributed by atoms with Crippen LogP contribution in [0.4, 0.5) is 0 Å². The summed E-state index contributed by atoms with van der Waals surface area (Å²) in [7, 11) is 2.11. The van der Waals surface area contributed by atoms with E-state index < -0.39 is 0 Å². The Kier molecular flexibility index (Phi) is 7.64. The van der Waals surface area contributed by atoms with Crippen molar-refractivity contribution in [2.24, 2.45) is 0 Å². The molecule has 2 rings (SSSR count). The number of carbonyl (C=O) groups excluding carboxylic acids is 1. The van der Waals surface area contributed by atoms with Crippen LogP contribution in [-0.2, 0) is 9.53 Å². The van der Waals surface area contributed by atoms with E-state index >= 15 is 0 Å². The molecule has 0 N–H and O–H groups in total. The molecule has 1 aliphatic rings. The van der Waals surface area contributed by atoms with Crippen LogP contribution in [0.2, 0.25) is 0 Å². The second-order valence-corrected chi connectivity index (χ2v) is 4.76. The first-order chi connectivity index (χ1) is 8.72. The Bertz CT molecular complexity index is 337. The Morgan fingerprint density at radius 2 is 1.94 bits per heavy atom. The molecule has 1 aliphatic heterocycles. The number of benzene rings is 1. The van der Waals surface area contributed by atoms with Crippen LogP contribution in [0, 0.1) is 0 Å². The third kappa shape index (κ3) is 6.74. The molecule has 0 aromatic heterocycles. The summed E-state index contributed by atoms with van der Waals surface area (Å²) in [5.41, 5.74) is 0. The Hall–Kier alpha value is -0.910. The first-order valence-corrected chi connectivity index (χ1v) is 6.60. The number of carbonyl (C=O) groups is 1. The van der Waals surface area contributed by atoms with Gasteiger partial charge >= 0.3 is 0 Å². The maximum absolute atomic E-state index is 9.91. The van der Waals surface area contributed by atoms with Gasteiger partial charge in [0.05, 0.1) is 13.2 Å². The first kappa shape index (κ1) is 15.1. The average molecular weight is 316 g/mol. The second kappa shape index (κ2) is 9.08. The predicted molar refractivity (Wildman–Crippen MR) is 74.0 cm³/mol. The van der Waals surface area contributed by atoms with Crippen molar-refractivity contribution in [1.82, 2.24) is 4.90 Å². The minimum Gasteiger partial charge on any atom is -0.486 e. The monoisotopic (exact) mass is 315 g/mol. The summed E-state index contributed by atoms with van der Waals surface area (Å²) in [5.74, 6) is 0.709. The molecule has 0 spiro atoms. The van der Waals surface area contributed by atoms with Gasteiger partial charge in [-0.25, -0.2) is 0 Å². The smallest absolute Gasteiger partial charge is 0.157 e. The molecular formula is C13H18BrNO3. The molecule has 0 atom stereocenters. The van der Waals surface area contributed by atoms with Gasteiger partial charge < -0.3 is 14.4 Å². The molecule has 1 aromatic rings. The van der Waals surface area contributed by atoms with Gasteiger partial charge in [-0.15, -0.1) is 0 Å². The highest BCUT2D eigenvalue weighted by Gasteiger charge is 2.02. The Labute approximate surface area is 116 Å². The van der Waals surface area contributed by atoms with Gasteiger partial charge in [0.1, 0.15) is 12.4 Å². The standard InChI is InChI=1S/C8H7BrO2.C5H11NO/c9-7-1-3-8(4-2-7)11-6-5-10;1-6-2-4-7-5-3-6/h1-5H,6H2;2-5H2,1H3. The molecule has 100 valence electrons. The van der Waals surface area contributed by atoms with Crippen molar-refractivity contribution in [2.75, 3.05) is 40.0 Å². The summed E-state index contributed by atoms with van der Waals surface area (Å²) in [5, 5.41) is 0. The van der Waals surface area contributed by atoms with Gasteiger partial charge in [-0.3, -0.25) is 4.79 Å². The van der Waals surface area contributed by atoms with Gasteiger partial charge in [0.2, 0.25) is 0 Å². The molecule has 4 nitrogen and oxygen atoms in total. The van der Waals surface area contributed by atoms with Gasteiger partial charge in [0.15, 0.2) is 6.29 Å². The van der Waals surface area contributed by atoms with Crippen LogP contribution in [0.5, 0.6) is 5.75 Å². The van der Waals surface area contributed by atoms with Crippen molar-refractivity contribution in [3.05, 3.63) is 28.7 Å². The zero-order valence-electron chi connectivity index (χ0n) is 10.5. The first-order valence-electron chi connectivity index (χ1n) is 5.80. The second-order valence-electron chi connectivity index (χ2n) is 3.85. The van der Waals surface area contributed by atoms with E-state index in [4.69, 9.17) is 9.47 Å². The minimum atomic E-state index is 0.113. The fourth-order valence-electron chi connectivity index (χ4n) is 1.32. The third-order valence-corrected chi connectivity index (χ3v) is 2.90. The van der Waals surface area contributed by atoms with E-state index in [9.17, 15) is 4.79 Å². The molecule has 0 radical (unpaired) electrons. The van der Waals surface area contributed by atoms with E-state index in [1.165, 1.54) is 0 Å². The molecule has 1 aromatic carbocycles. The molecule has 1 fully saturated rings. The average Bonchev–Trinajstić information content (AvgIpc) is 2.40. The molecule has 0 amide bonds. The lowest BCUT2D eigenvalue weighted by atomic mass is 10.3. The molecule has 0 bridgehead atoms. The van der Waals surface area contributed by atoms with E-state index in [1.807, 2.05) is 12.1 Å². The van der Waals surface area contributed by atoms with Crippen molar-refractivity contribution in [3.63, 3.8) is 0 Å². The van der Waals surface area contributed by atoms with Gasteiger partial charge in [0, 0.05) is 17.6 Å². The Balaban J connectivity index is 0.000000199. The third-order valence-electron chi connectivity index (χ3n) is 2.37. The van der Waals surface area contributed by atoms with Crippen LogP contribution in [-0.4, -0.2) is 51.1 Å². The quantitative estimate of drug-likeness (QED) is 0.799. The number of likely N-dealkylation sites (N-methyl/N-ethyl adjacent to an activating group) is 1. The normalized spacial score (nSPS) is 15.4. The Morgan fingerprint density at radius 3 is 2.39 bits per heavy atom. The fourth-order valence-corrected chi connectivity index (χ4v) is 1.58. The molecule has 1 saturated heterocycles. The molecule has 1 heterocycles. The largest absolute Gasteiger partial charge is 0.486 e. The van der Waals surface area contributed by atoms with E-state index in [-0.39, 0.29) is 6.61 Å². The van der Waals surface area contributed by atoms with Crippen molar-refractivity contribution in [3.8, 4) is 5.75 Å². The summed E-state index contributed by atoms with van der Waals surface area (Å²) in [4.78, 5) is 12.2. The predicted octanol–water partition coefficient (Wildman–Crippen LogP) is 1.98. The number of morpholine rings is 1. The lowest BCUT2D eigenvalue weighted by Crippen LogP contribution is -2.32. The van der Waals surface area contributed by atoms with Crippen LogP contribution in [0.25, 0.3) is 0 Å². The molecule has 0 saturated carbocycles. The molecular weight excluding hydrogens is 298 g/mol. The maximum Gasteiger partial charge on any atom is 0.157 e. The van der Waals surface area contributed by atoms with Gasteiger partial charge in [-0.1, -0.05) is 15.9 Å². The Morgan fingerprint density at radius 1 is 1.33 bits per heavy atom. The number of hydrogen-bond acceptors (Lipinski definition) is 4. The lowest BCUT2D eigenvalue weighted by molar-refractivity contribution is -0.109. The number of aldehydes is 1. The summed E-state index contributed by atoms with van der Waals surface area (Å²) >= 11 is 3.29. The molecule has 0 aliphatic carbocycles. The van der Waals surface area contributed by atoms with E-state index in [0.29, 0.717) is 5.75 Å². The SMILES string of the molecule is CN1CCOCC1.O=CCOc1ccc(Br)cc1. The highest BCUT2D eigenvalue weighted by molar-refractivity contribution is 9.10. The number of nitrogens with zero attached hydrogens (tertiary/aromatic N) is 1. The topological polar surface area (TPSA) is 38.8 Å². The zero-order chi connectivity index (χ0) is 13.2. The van der Waals surface area contributed by atoms with Crippen molar-refractivity contribution < 1.29 is 14.3 Å². The van der Waals surface area contributed by atoms with Crippen LogP contribution >= 0.6 is 15.9 Å². The number of ether oxygens (including phenoxy) is 2. The van der Waals surface area contributed by atoms with Crippen LogP contribution < -0.4 is 4.74 Å². The van der Waals surface area contributed by atoms with Crippen molar-refractivity contribution in [2.45, 2.75) is 0 Å². The van der Waals surface area contributed by atoms with Crippen LogP contribution in [0.3, 0.4) is 0 Å².